The summed E-state index contributed by atoms with van der Waals surface area (Å²) in [6.45, 7) is 10.5. The molecule has 1 saturated heterocycles. The number of nitrogens with zero attached hydrogens (tertiary/aromatic N) is 3. The van der Waals surface area contributed by atoms with E-state index in [9.17, 15) is 0 Å². The summed E-state index contributed by atoms with van der Waals surface area (Å²) < 4.78 is 0. The maximum Gasteiger partial charge on any atom is 0.162 e. The van der Waals surface area contributed by atoms with Crippen molar-refractivity contribution in [1.82, 2.24) is 9.97 Å². The maximum atomic E-state index is 5.14. The minimum atomic E-state index is 0. The van der Waals surface area contributed by atoms with Crippen molar-refractivity contribution in [3.05, 3.63) is 54.1 Å². The zero-order chi connectivity index (χ0) is 19.5. The van der Waals surface area contributed by atoms with E-state index in [1.54, 1.807) is 0 Å². The molecular weight excluding hydrogens is 378 g/mol. The highest BCUT2D eigenvalue weighted by Gasteiger charge is 2.50. The Morgan fingerprint density at radius 3 is 2.41 bits per heavy atom. The minimum Gasteiger partial charge on any atom is -1.00 e. The fourth-order valence-electron chi connectivity index (χ4n) is 5.82. The predicted octanol–water partition coefficient (Wildman–Crippen LogP) is 3.01. The van der Waals surface area contributed by atoms with Crippen LogP contribution < -0.4 is 17.3 Å². The van der Waals surface area contributed by atoms with E-state index in [1.807, 2.05) is 0 Å². The van der Waals surface area contributed by atoms with E-state index in [1.165, 1.54) is 30.2 Å². The Balaban J connectivity index is 0.00000205. The summed E-state index contributed by atoms with van der Waals surface area (Å²) in [4.78, 5) is 12.6. The molecule has 0 amide bonds. The number of rotatable bonds is 2. The summed E-state index contributed by atoms with van der Waals surface area (Å²) in [5.74, 6) is 1.95. The smallest absolute Gasteiger partial charge is 0.162 e. The Kier molecular flexibility index (Phi) is 4.85. The zero-order valence-corrected chi connectivity index (χ0v) is 18.5. The van der Waals surface area contributed by atoms with Crippen LogP contribution in [-0.4, -0.2) is 22.6 Å². The molecule has 3 aromatic rings. The third-order valence-corrected chi connectivity index (χ3v) is 6.58. The van der Waals surface area contributed by atoms with Gasteiger partial charge in [0.25, 0.3) is 0 Å². The van der Waals surface area contributed by atoms with Gasteiger partial charge in [0.1, 0.15) is 5.82 Å². The average molecular weight is 407 g/mol. The van der Waals surface area contributed by atoms with Crippen molar-refractivity contribution in [2.75, 3.05) is 11.4 Å². The van der Waals surface area contributed by atoms with E-state index in [0.29, 0.717) is 16.9 Å². The zero-order valence-electron chi connectivity index (χ0n) is 17.7. The number of aromatic nitrogens is 2. The summed E-state index contributed by atoms with van der Waals surface area (Å²) >= 11 is 0. The van der Waals surface area contributed by atoms with Gasteiger partial charge in [-0.05, 0) is 49.1 Å². The Labute approximate surface area is 180 Å². The molecule has 2 aliphatic rings. The van der Waals surface area contributed by atoms with E-state index < -0.39 is 0 Å². The summed E-state index contributed by atoms with van der Waals surface area (Å²) in [5.41, 5.74) is 4.16. The van der Waals surface area contributed by atoms with Crippen LogP contribution in [0.25, 0.3) is 22.3 Å². The highest BCUT2D eigenvalue weighted by molar-refractivity contribution is 5.91. The number of anilines is 1. The van der Waals surface area contributed by atoms with Crippen LogP contribution in [0.4, 0.5) is 5.82 Å². The molecule has 152 valence electrons. The number of fused-ring (bicyclic) bond motifs is 3. The molecule has 29 heavy (non-hydrogen) atoms. The first kappa shape index (κ1) is 20.2. The van der Waals surface area contributed by atoms with Crippen molar-refractivity contribution < 1.29 is 12.4 Å². The summed E-state index contributed by atoms with van der Waals surface area (Å²) in [6.07, 6.45) is 3.80. The van der Waals surface area contributed by atoms with Crippen molar-refractivity contribution in [1.29, 1.82) is 0 Å². The van der Waals surface area contributed by atoms with Crippen molar-refractivity contribution in [3.8, 4) is 11.4 Å². The molecule has 3 nitrogen and oxygen atoms in total. The van der Waals surface area contributed by atoms with Gasteiger partial charge in [0.2, 0.25) is 0 Å². The van der Waals surface area contributed by atoms with E-state index in [4.69, 9.17) is 9.97 Å². The fraction of sp³-hybridized carbons (Fsp3) is 0.440. The molecule has 1 aliphatic carbocycles. The van der Waals surface area contributed by atoms with E-state index in [-0.39, 0.29) is 12.4 Å². The second-order valence-electron chi connectivity index (χ2n) is 10.1. The average Bonchev–Trinajstić information content (AvgIpc) is 2.90. The number of halogens is 1. The third kappa shape index (κ3) is 3.61. The Morgan fingerprint density at radius 1 is 0.931 bits per heavy atom. The number of benzene rings is 2. The number of aryl methyl sites for hydroxylation is 1. The Bertz CT molecular complexity index is 1040. The Morgan fingerprint density at radius 2 is 1.66 bits per heavy atom. The van der Waals surface area contributed by atoms with Gasteiger partial charge in [-0.2, -0.15) is 0 Å². The van der Waals surface area contributed by atoms with Gasteiger partial charge < -0.3 is 17.3 Å². The van der Waals surface area contributed by atoms with Crippen molar-refractivity contribution >= 4 is 16.7 Å². The second kappa shape index (κ2) is 6.98. The molecule has 1 saturated carbocycles. The summed E-state index contributed by atoms with van der Waals surface area (Å²) in [5, 5.41) is 1.17. The molecule has 0 N–H and O–H groups in total. The van der Waals surface area contributed by atoms with E-state index in [2.05, 4.69) is 81.1 Å². The molecule has 2 aromatic carbocycles. The largest absolute Gasteiger partial charge is 1.00 e. The summed E-state index contributed by atoms with van der Waals surface area (Å²) in [6, 6.07) is 17.6. The van der Waals surface area contributed by atoms with Gasteiger partial charge in [0.05, 0.1) is 5.52 Å². The van der Waals surface area contributed by atoms with Crippen LogP contribution in [0.15, 0.2) is 48.5 Å². The van der Waals surface area contributed by atoms with Crippen LogP contribution >= 0.6 is 0 Å². The highest BCUT2D eigenvalue weighted by atomic mass is 35.5. The first-order valence-electron chi connectivity index (χ1n) is 10.4. The van der Waals surface area contributed by atoms with Crippen LogP contribution in [0.2, 0.25) is 0 Å². The molecular formula is C25H29ClN3-. The van der Waals surface area contributed by atoms with Crippen LogP contribution in [0.1, 0.15) is 45.6 Å². The lowest BCUT2D eigenvalue weighted by molar-refractivity contribution is -0.00000838. The molecule has 2 heterocycles. The molecule has 2 bridgehead atoms. The van der Waals surface area contributed by atoms with Crippen LogP contribution in [-0.2, 0) is 0 Å². The molecule has 1 aromatic heterocycles. The first-order valence-corrected chi connectivity index (χ1v) is 10.4. The quantitative estimate of drug-likeness (QED) is 0.655. The van der Waals surface area contributed by atoms with Gasteiger partial charge >= 0.3 is 0 Å². The molecule has 5 rings (SSSR count). The first-order chi connectivity index (χ1) is 13.3. The number of para-hydroxylation sites is 1. The van der Waals surface area contributed by atoms with E-state index in [0.717, 1.165) is 29.3 Å². The number of hydrogen-bond donors (Lipinski definition) is 0. The summed E-state index contributed by atoms with van der Waals surface area (Å²) in [7, 11) is 0. The normalized spacial score (nSPS) is 25.1. The van der Waals surface area contributed by atoms with E-state index >= 15 is 0 Å². The Hall–Kier alpha value is -2.13. The molecule has 4 heteroatoms. The van der Waals surface area contributed by atoms with Gasteiger partial charge in [-0.25, -0.2) is 9.97 Å². The molecule has 2 atom stereocenters. The number of hydrogen-bond acceptors (Lipinski definition) is 3. The fourth-order valence-corrected chi connectivity index (χ4v) is 5.82. The van der Waals surface area contributed by atoms with Crippen molar-refractivity contribution in [3.63, 3.8) is 0 Å². The predicted molar refractivity (Wildman–Crippen MR) is 117 cm³/mol. The standard InChI is InChI=1S/C25H29N3.ClH/c1-17-9-11-18(12-10-17)22-26-21-8-6-5-7-20(21)23(27-22)28-16-25(4)14-19(28)13-24(2,3)15-25;/h5-12,19H,13-16H2,1-4H3;1H/p-1. The lowest BCUT2D eigenvalue weighted by Crippen LogP contribution is -3.00. The minimum absolute atomic E-state index is 0. The van der Waals surface area contributed by atoms with Crippen LogP contribution in [0.3, 0.4) is 0 Å². The van der Waals surface area contributed by atoms with Crippen LogP contribution in [0, 0.1) is 17.8 Å². The van der Waals surface area contributed by atoms with Crippen molar-refractivity contribution in [2.24, 2.45) is 10.8 Å². The topological polar surface area (TPSA) is 29.0 Å². The lowest BCUT2D eigenvalue weighted by Gasteiger charge is -2.39. The molecule has 2 fully saturated rings. The second-order valence-corrected chi connectivity index (χ2v) is 10.1. The van der Waals surface area contributed by atoms with Gasteiger partial charge in [0.15, 0.2) is 5.82 Å². The monoisotopic (exact) mass is 406 g/mol. The van der Waals surface area contributed by atoms with Crippen LogP contribution in [0.5, 0.6) is 0 Å². The van der Waals surface area contributed by atoms with Gasteiger partial charge in [-0.1, -0.05) is 62.7 Å². The van der Waals surface area contributed by atoms with Crippen molar-refractivity contribution in [2.45, 2.75) is 53.0 Å². The van der Waals surface area contributed by atoms with Gasteiger partial charge in [0, 0.05) is 23.5 Å². The maximum absolute atomic E-state index is 5.14. The molecule has 0 spiro atoms. The lowest BCUT2D eigenvalue weighted by atomic mass is 9.65. The highest BCUT2D eigenvalue weighted by Crippen LogP contribution is 2.53. The van der Waals surface area contributed by atoms with Gasteiger partial charge in [-0.15, -0.1) is 0 Å². The molecule has 0 radical (unpaired) electrons. The molecule has 1 aliphatic heterocycles. The SMILES string of the molecule is Cc1ccc(-c2nc(N3CC4(C)CC3CC(C)(C)C4)c3ccccc3n2)cc1.[Cl-]. The van der Waals surface area contributed by atoms with Gasteiger partial charge in [-0.3, -0.25) is 0 Å². The molecule has 2 unspecified atom stereocenters. The third-order valence-electron chi connectivity index (χ3n) is 6.58.